The number of halogens is 1. The molecule has 0 aliphatic carbocycles. The summed E-state index contributed by atoms with van der Waals surface area (Å²) in [6.07, 6.45) is 0. The lowest BCUT2D eigenvalue weighted by Gasteiger charge is -2.16. The number of anilines is 1. The number of rotatable bonds is 6. The van der Waals surface area contributed by atoms with E-state index in [-0.39, 0.29) is 0 Å². The first-order chi connectivity index (χ1) is 8.38. The van der Waals surface area contributed by atoms with Crippen LogP contribution in [0.15, 0.2) is 22.7 Å². The maximum Gasteiger partial charge on any atom is 0.236 e. The largest absolute Gasteiger partial charge is 0.316 e. The zero-order valence-electron chi connectivity index (χ0n) is 10.8. The van der Waals surface area contributed by atoms with Crippen molar-refractivity contribution in [1.82, 2.24) is 5.32 Å². The lowest BCUT2D eigenvalue weighted by molar-refractivity contribution is 0.579. The number of hydrogen-bond acceptors (Lipinski definition) is 3. The maximum absolute atomic E-state index is 12.1. The summed E-state index contributed by atoms with van der Waals surface area (Å²) >= 11 is 3.39. The Balaban J connectivity index is 2.85. The Bertz CT molecular complexity index is 503. The second-order valence-electron chi connectivity index (χ2n) is 4.20. The molecule has 0 aliphatic rings. The van der Waals surface area contributed by atoms with Crippen molar-refractivity contribution in [2.75, 3.05) is 17.8 Å². The normalized spacial score (nSPS) is 13.3. The van der Waals surface area contributed by atoms with E-state index >= 15 is 0 Å². The van der Waals surface area contributed by atoms with Crippen LogP contribution in [0.3, 0.4) is 0 Å². The highest BCUT2D eigenvalue weighted by molar-refractivity contribution is 9.10. The van der Waals surface area contributed by atoms with E-state index in [1.54, 1.807) is 13.0 Å². The molecule has 0 heterocycles. The van der Waals surface area contributed by atoms with E-state index in [0.29, 0.717) is 12.2 Å². The molecule has 6 heteroatoms. The first-order valence-corrected chi connectivity index (χ1v) is 8.20. The lowest BCUT2D eigenvalue weighted by Crippen LogP contribution is -2.34. The van der Waals surface area contributed by atoms with Crippen LogP contribution in [0.2, 0.25) is 0 Å². The van der Waals surface area contributed by atoms with E-state index in [4.69, 9.17) is 0 Å². The first kappa shape index (κ1) is 15.5. The Hall–Kier alpha value is -0.590. The number of hydrogen-bond donors (Lipinski definition) is 2. The van der Waals surface area contributed by atoms with Crippen LogP contribution in [-0.2, 0) is 10.0 Å². The molecule has 0 aromatic heterocycles. The highest BCUT2D eigenvalue weighted by atomic mass is 79.9. The third-order valence-electron chi connectivity index (χ3n) is 2.66. The van der Waals surface area contributed by atoms with E-state index in [2.05, 4.69) is 26.0 Å². The van der Waals surface area contributed by atoms with Gasteiger partial charge in [0.05, 0.1) is 10.9 Å². The average Bonchev–Trinajstić information content (AvgIpc) is 2.31. The Labute approximate surface area is 117 Å². The summed E-state index contributed by atoms with van der Waals surface area (Å²) in [6, 6.07) is 5.49. The van der Waals surface area contributed by atoms with Gasteiger partial charge in [-0.3, -0.25) is 4.72 Å². The SMILES string of the molecule is CCNCC(C)S(=O)(=O)Nc1cccc(C)c1Br. The van der Waals surface area contributed by atoms with Crippen LogP contribution in [0.5, 0.6) is 0 Å². The Morgan fingerprint density at radius 2 is 2.06 bits per heavy atom. The third kappa shape index (κ3) is 3.96. The molecule has 1 rings (SSSR count). The molecular weight excluding hydrogens is 316 g/mol. The highest BCUT2D eigenvalue weighted by Crippen LogP contribution is 2.27. The molecule has 0 radical (unpaired) electrons. The molecule has 0 spiro atoms. The molecule has 1 aromatic carbocycles. The number of benzene rings is 1. The molecule has 0 saturated heterocycles. The van der Waals surface area contributed by atoms with Crippen LogP contribution >= 0.6 is 15.9 Å². The number of sulfonamides is 1. The Morgan fingerprint density at radius 1 is 1.39 bits per heavy atom. The van der Waals surface area contributed by atoms with Crippen LogP contribution in [-0.4, -0.2) is 26.8 Å². The Kier molecular flexibility index (Phi) is 5.62. The summed E-state index contributed by atoms with van der Waals surface area (Å²) in [6.45, 7) is 6.76. The van der Waals surface area contributed by atoms with Gasteiger partial charge >= 0.3 is 0 Å². The maximum atomic E-state index is 12.1. The van der Waals surface area contributed by atoms with Crippen molar-refractivity contribution in [1.29, 1.82) is 0 Å². The van der Waals surface area contributed by atoms with Crippen molar-refractivity contribution in [2.24, 2.45) is 0 Å². The van der Waals surface area contributed by atoms with Crippen LogP contribution < -0.4 is 10.0 Å². The van der Waals surface area contributed by atoms with Crippen LogP contribution in [0, 0.1) is 6.92 Å². The molecule has 1 atom stereocenters. The topological polar surface area (TPSA) is 58.2 Å². The van der Waals surface area contributed by atoms with Gasteiger partial charge in [0, 0.05) is 11.0 Å². The molecule has 1 aromatic rings. The van der Waals surface area contributed by atoms with Gasteiger partial charge < -0.3 is 5.32 Å². The molecule has 102 valence electrons. The van der Waals surface area contributed by atoms with Gasteiger partial charge in [0.25, 0.3) is 0 Å². The van der Waals surface area contributed by atoms with Crippen molar-refractivity contribution in [2.45, 2.75) is 26.0 Å². The highest BCUT2D eigenvalue weighted by Gasteiger charge is 2.21. The van der Waals surface area contributed by atoms with Gasteiger partial charge in [0.1, 0.15) is 0 Å². The van der Waals surface area contributed by atoms with E-state index in [9.17, 15) is 8.42 Å². The second kappa shape index (κ2) is 6.54. The van der Waals surface area contributed by atoms with E-state index in [1.807, 2.05) is 26.0 Å². The van der Waals surface area contributed by atoms with Crippen molar-refractivity contribution in [3.05, 3.63) is 28.2 Å². The fourth-order valence-corrected chi connectivity index (χ4v) is 2.95. The quantitative estimate of drug-likeness (QED) is 0.840. The lowest BCUT2D eigenvalue weighted by atomic mass is 10.2. The monoisotopic (exact) mass is 334 g/mol. The van der Waals surface area contributed by atoms with Gasteiger partial charge in [-0.2, -0.15) is 0 Å². The zero-order chi connectivity index (χ0) is 13.8. The average molecular weight is 335 g/mol. The van der Waals surface area contributed by atoms with E-state index < -0.39 is 15.3 Å². The van der Waals surface area contributed by atoms with Gasteiger partial charge in [-0.15, -0.1) is 0 Å². The fraction of sp³-hybridized carbons (Fsp3) is 0.500. The summed E-state index contributed by atoms with van der Waals surface area (Å²) < 4.78 is 27.6. The second-order valence-corrected chi connectivity index (χ2v) is 7.09. The van der Waals surface area contributed by atoms with Gasteiger partial charge in [-0.25, -0.2) is 8.42 Å². The van der Waals surface area contributed by atoms with E-state index in [0.717, 1.165) is 16.6 Å². The van der Waals surface area contributed by atoms with Crippen LogP contribution in [0.25, 0.3) is 0 Å². The van der Waals surface area contributed by atoms with Crippen molar-refractivity contribution >= 4 is 31.6 Å². The molecule has 0 amide bonds. The molecular formula is C12H19BrN2O2S. The molecule has 0 bridgehead atoms. The van der Waals surface area contributed by atoms with Crippen molar-refractivity contribution in [3.8, 4) is 0 Å². The summed E-state index contributed by atoms with van der Waals surface area (Å²) in [7, 11) is -3.37. The molecule has 0 aliphatic heterocycles. The van der Waals surface area contributed by atoms with Crippen LogP contribution in [0.1, 0.15) is 19.4 Å². The number of nitrogens with one attached hydrogen (secondary N) is 2. The molecule has 18 heavy (non-hydrogen) atoms. The van der Waals surface area contributed by atoms with Gasteiger partial charge in [-0.05, 0) is 48.0 Å². The standard InChI is InChI=1S/C12H19BrN2O2S/c1-4-14-8-10(3)18(16,17)15-11-7-5-6-9(2)12(11)13/h5-7,10,14-15H,4,8H2,1-3H3. The molecule has 4 nitrogen and oxygen atoms in total. The van der Waals surface area contributed by atoms with E-state index in [1.165, 1.54) is 0 Å². The Morgan fingerprint density at radius 3 is 2.67 bits per heavy atom. The summed E-state index contributed by atoms with van der Waals surface area (Å²) in [5.74, 6) is 0. The van der Waals surface area contributed by atoms with Gasteiger partial charge in [0.15, 0.2) is 0 Å². The van der Waals surface area contributed by atoms with Crippen molar-refractivity contribution < 1.29 is 8.42 Å². The van der Waals surface area contributed by atoms with Crippen LogP contribution in [0.4, 0.5) is 5.69 Å². The van der Waals surface area contributed by atoms with Crippen molar-refractivity contribution in [3.63, 3.8) is 0 Å². The van der Waals surface area contributed by atoms with Gasteiger partial charge in [-0.1, -0.05) is 19.1 Å². The summed E-state index contributed by atoms with van der Waals surface area (Å²) in [5, 5.41) is 2.55. The summed E-state index contributed by atoms with van der Waals surface area (Å²) in [5.41, 5.74) is 1.58. The zero-order valence-corrected chi connectivity index (χ0v) is 13.2. The summed E-state index contributed by atoms with van der Waals surface area (Å²) in [4.78, 5) is 0. The predicted molar refractivity (Wildman–Crippen MR) is 79.4 cm³/mol. The molecule has 0 fully saturated rings. The predicted octanol–water partition coefficient (Wildman–Crippen LogP) is 2.50. The minimum Gasteiger partial charge on any atom is -0.316 e. The fourth-order valence-electron chi connectivity index (χ4n) is 1.44. The first-order valence-electron chi connectivity index (χ1n) is 5.86. The van der Waals surface area contributed by atoms with Gasteiger partial charge in [0.2, 0.25) is 10.0 Å². The molecule has 1 unspecified atom stereocenters. The smallest absolute Gasteiger partial charge is 0.236 e. The molecule has 0 saturated carbocycles. The third-order valence-corrected chi connectivity index (χ3v) is 5.44. The molecule has 2 N–H and O–H groups in total. The minimum atomic E-state index is -3.37. The minimum absolute atomic E-state index is 0.440. The number of aryl methyl sites for hydroxylation is 1.